The number of rotatable bonds is 4. The second-order valence-electron chi connectivity index (χ2n) is 3.67. The molecule has 0 amide bonds. The van der Waals surface area contributed by atoms with E-state index < -0.39 is 0 Å². The van der Waals surface area contributed by atoms with Gasteiger partial charge in [0, 0.05) is 28.1 Å². The van der Waals surface area contributed by atoms with Crippen molar-refractivity contribution in [1.82, 2.24) is 9.88 Å². The standard InChI is InChI=1S/C12H15BrN2/c1-14-6-2-7-15-8-5-10-9-11(13)3-4-12(10)15/h3-5,8-9,14H,2,6-7H2,1H3. The zero-order chi connectivity index (χ0) is 10.7. The lowest BCUT2D eigenvalue weighted by Gasteiger charge is -2.04. The van der Waals surface area contributed by atoms with Crippen LogP contribution in [0, 0.1) is 0 Å². The monoisotopic (exact) mass is 266 g/mol. The van der Waals surface area contributed by atoms with Crippen LogP contribution in [0.3, 0.4) is 0 Å². The van der Waals surface area contributed by atoms with E-state index in [0.717, 1.165) is 24.0 Å². The number of halogens is 1. The fourth-order valence-corrected chi connectivity index (χ4v) is 2.17. The second-order valence-corrected chi connectivity index (χ2v) is 4.59. The summed E-state index contributed by atoms with van der Waals surface area (Å²) < 4.78 is 3.45. The Labute approximate surface area is 98.4 Å². The summed E-state index contributed by atoms with van der Waals surface area (Å²) in [6.07, 6.45) is 3.32. The lowest BCUT2D eigenvalue weighted by molar-refractivity contribution is 0.627. The van der Waals surface area contributed by atoms with Crippen molar-refractivity contribution in [2.24, 2.45) is 0 Å². The summed E-state index contributed by atoms with van der Waals surface area (Å²) in [5, 5.41) is 4.47. The molecule has 0 saturated heterocycles. The van der Waals surface area contributed by atoms with Gasteiger partial charge >= 0.3 is 0 Å². The van der Waals surface area contributed by atoms with Crippen molar-refractivity contribution in [1.29, 1.82) is 0 Å². The number of benzene rings is 1. The topological polar surface area (TPSA) is 17.0 Å². The maximum atomic E-state index is 3.49. The molecule has 1 aromatic carbocycles. The predicted molar refractivity (Wildman–Crippen MR) is 68.2 cm³/mol. The molecule has 2 nitrogen and oxygen atoms in total. The summed E-state index contributed by atoms with van der Waals surface area (Å²) >= 11 is 3.49. The van der Waals surface area contributed by atoms with Crippen LogP contribution < -0.4 is 5.32 Å². The summed E-state index contributed by atoms with van der Waals surface area (Å²) in [5.74, 6) is 0. The maximum absolute atomic E-state index is 3.49. The van der Waals surface area contributed by atoms with E-state index in [9.17, 15) is 0 Å². The number of hydrogen-bond acceptors (Lipinski definition) is 1. The fraction of sp³-hybridized carbons (Fsp3) is 0.333. The quantitative estimate of drug-likeness (QED) is 0.842. The van der Waals surface area contributed by atoms with Crippen LogP contribution in [0.25, 0.3) is 10.9 Å². The molecule has 0 aliphatic heterocycles. The third kappa shape index (κ3) is 2.41. The molecule has 0 radical (unpaired) electrons. The Bertz CT molecular complexity index is 448. The first-order valence-electron chi connectivity index (χ1n) is 5.20. The van der Waals surface area contributed by atoms with Gasteiger partial charge in [0.05, 0.1) is 0 Å². The first-order valence-corrected chi connectivity index (χ1v) is 5.99. The van der Waals surface area contributed by atoms with Gasteiger partial charge < -0.3 is 9.88 Å². The van der Waals surface area contributed by atoms with Gasteiger partial charge in [-0.3, -0.25) is 0 Å². The maximum Gasteiger partial charge on any atom is 0.0481 e. The third-order valence-electron chi connectivity index (χ3n) is 2.56. The molecule has 0 atom stereocenters. The molecule has 0 bridgehead atoms. The van der Waals surface area contributed by atoms with Gasteiger partial charge in [0.1, 0.15) is 0 Å². The molecule has 2 rings (SSSR count). The first-order chi connectivity index (χ1) is 7.31. The van der Waals surface area contributed by atoms with Crippen LogP contribution in [0.4, 0.5) is 0 Å². The zero-order valence-electron chi connectivity index (χ0n) is 8.83. The highest BCUT2D eigenvalue weighted by Crippen LogP contribution is 2.20. The van der Waals surface area contributed by atoms with Crippen LogP contribution >= 0.6 is 15.9 Å². The molecule has 3 heteroatoms. The zero-order valence-corrected chi connectivity index (χ0v) is 10.4. The minimum atomic E-state index is 1.07. The van der Waals surface area contributed by atoms with Gasteiger partial charge in [0.2, 0.25) is 0 Å². The summed E-state index contributed by atoms with van der Waals surface area (Å²) in [5.41, 5.74) is 1.31. The minimum Gasteiger partial charge on any atom is -0.347 e. The van der Waals surface area contributed by atoms with Gasteiger partial charge in [-0.15, -0.1) is 0 Å². The number of hydrogen-bond donors (Lipinski definition) is 1. The molecular formula is C12H15BrN2. The molecular weight excluding hydrogens is 252 g/mol. The Hall–Kier alpha value is -0.800. The molecule has 0 aliphatic carbocycles. The highest BCUT2D eigenvalue weighted by molar-refractivity contribution is 9.10. The molecule has 0 spiro atoms. The number of nitrogens with one attached hydrogen (secondary N) is 1. The van der Waals surface area contributed by atoms with E-state index in [4.69, 9.17) is 0 Å². The predicted octanol–water partition coefficient (Wildman–Crippen LogP) is 3.01. The summed E-state index contributed by atoms with van der Waals surface area (Å²) in [4.78, 5) is 0. The molecule has 80 valence electrons. The molecule has 2 aromatic rings. The number of nitrogens with zero attached hydrogens (tertiary/aromatic N) is 1. The van der Waals surface area contributed by atoms with Crippen molar-refractivity contribution in [2.45, 2.75) is 13.0 Å². The third-order valence-corrected chi connectivity index (χ3v) is 3.05. The van der Waals surface area contributed by atoms with Crippen LogP contribution in [-0.2, 0) is 6.54 Å². The van der Waals surface area contributed by atoms with E-state index in [2.05, 4.69) is 56.3 Å². The average Bonchev–Trinajstić information content (AvgIpc) is 2.61. The average molecular weight is 267 g/mol. The van der Waals surface area contributed by atoms with E-state index in [1.807, 2.05) is 7.05 Å². The normalized spacial score (nSPS) is 11.1. The highest BCUT2D eigenvalue weighted by atomic mass is 79.9. The molecule has 1 aromatic heterocycles. The fourth-order valence-electron chi connectivity index (χ4n) is 1.79. The van der Waals surface area contributed by atoms with Gasteiger partial charge in [0.25, 0.3) is 0 Å². The molecule has 0 fully saturated rings. The van der Waals surface area contributed by atoms with Crippen molar-refractivity contribution < 1.29 is 0 Å². The summed E-state index contributed by atoms with van der Waals surface area (Å²) in [6.45, 7) is 2.14. The molecule has 0 aliphatic rings. The SMILES string of the molecule is CNCCCn1ccc2cc(Br)ccc21. The van der Waals surface area contributed by atoms with E-state index in [-0.39, 0.29) is 0 Å². The Morgan fingerprint density at radius 2 is 2.20 bits per heavy atom. The summed E-state index contributed by atoms with van der Waals surface area (Å²) in [6, 6.07) is 8.58. The van der Waals surface area contributed by atoms with Crippen molar-refractivity contribution in [3.8, 4) is 0 Å². The van der Waals surface area contributed by atoms with Crippen LogP contribution in [0.5, 0.6) is 0 Å². The van der Waals surface area contributed by atoms with Gasteiger partial charge in [-0.05, 0) is 44.3 Å². The van der Waals surface area contributed by atoms with E-state index >= 15 is 0 Å². The Balaban J connectivity index is 2.21. The van der Waals surface area contributed by atoms with Crippen LogP contribution in [-0.4, -0.2) is 18.2 Å². The molecule has 15 heavy (non-hydrogen) atoms. The van der Waals surface area contributed by atoms with E-state index in [1.54, 1.807) is 0 Å². The van der Waals surface area contributed by atoms with Crippen LogP contribution in [0.1, 0.15) is 6.42 Å². The largest absolute Gasteiger partial charge is 0.347 e. The van der Waals surface area contributed by atoms with Gasteiger partial charge in [-0.1, -0.05) is 15.9 Å². The smallest absolute Gasteiger partial charge is 0.0481 e. The Morgan fingerprint density at radius 1 is 1.33 bits per heavy atom. The lowest BCUT2D eigenvalue weighted by Crippen LogP contribution is -2.10. The van der Waals surface area contributed by atoms with E-state index in [0.29, 0.717) is 0 Å². The van der Waals surface area contributed by atoms with Crippen molar-refractivity contribution in [3.63, 3.8) is 0 Å². The second kappa shape index (κ2) is 4.81. The number of aromatic nitrogens is 1. The van der Waals surface area contributed by atoms with Crippen molar-refractivity contribution >= 4 is 26.8 Å². The molecule has 0 unspecified atom stereocenters. The lowest BCUT2D eigenvalue weighted by atomic mass is 10.2. The summed E-state index contributed by atoms with van der Waals surface area (Å²) in [7, 11) is 1.99. The first kappa shape index (κ1) is 10.7. The number of fused-ring (bicyclic) bond motifs is 1. The Morgan fingerprint density at radius 3 is 3.00 bits per heavy atom. The van der Waals surface area contributed by atoms with Crippen LogP contribution in [0.15, 0.2) is 34.9 Å². The van der Waals surface area contributed by atoms with Crippen molar-refractivity contribution in [3.05, 3.63) is 34.9 Å². The highest BCUT2D eigenvalue weighted by Gasteiger charge is 2.00. The molecule has 0 saturated carbocycles. The van der Waals surface area contributed by atoms with Crippen molar-refractivity contribution in [2.75, 3.05) is 13.6 Å². The van der Waals surface area contributed by atoms with Gasteiger partial charge in [0.15, 0.2) is 0 Å². The van der Waals surface area contributed by atoms with Crippen LogP contribution in [0.2, 0.25) is 0 Å². The number of aryl methyl sites for hydroxylation is 1. The molecule has 1 heterocycles. The minimum absolute atomic E-state index is 1.07. The Kier molecular flexibility index (Phi) is 3.44. The van der Waals surface area contributed by atoms with Gasteiger partial charge in [-0.25, -0.2) is 0 Å². The molecule has 1 N–H and O–H groups in total. The van der Waals surface area contributed by atoms with E-state index in [1.165, 1.54) is 10.9 Å². The van der Waals surface area contributed by atoms with Gasteiger partial charge in [-0.2, -0.15) is 0 Å².